The highest BCUT2D eigenvalue weighted by atomic mass is 35.5. The molecule has 2 fully saturated rings. The van der Waals surface area contributed by atoms with Crippen molar-refractivity contribution >= 4 is 24.2 Å². The number of nitrogens with two attached hydrogens (primary N) is 1. The van der Waals surface area contributed by atoms with Crippen molar-refractivity contribution in [3.63, 3.8) is 0 Å². The van der Waals surface area contributed by atoms with Gasteiger partial charge in [-0.05, 0) is 31.0 Å². The summed E-state index contributed by atoms with van der Waals surface area (Å²) in [6.07, 6.45) is 2.77. The number of benzene rings is 1. The van der Waals surface area contributed by atoms with Crippen LogP contribution < -0.4 is 20.5 Å². The number of nitrogens with zero attached hydrogens (tertiary/aromatic N) is 4. The summed E-state index contributed by atoms with van der Waals surface area (Å²) in [6, 6.07) is 4.63. The Morgan fingerprint density at radius 1 is 1.33 bits per heavy atom. The van der Waals surface area contributed by atoms with Crippen LogP contribution in [0.3, 0.4) is 0 Å². The van der Waals surface area contributed by atoms with Crippen molar-refractivity contribution in [2.24, 2.45) is 5.73 Å². The molecule has 1 aliphatic carbocycles. The number of amides is 2. The number of fused-ring (bicyclic) bond motifs is 5. The number of halogens is 1. The van der Waals surface area contributed by atoms with E-state index in [2.05, 4.69) is 15.6 Å². The van der Waals surface area contributed by atoms with Crippen molar-refractivity contribution in [3.8, 4) is 11.5 Å². The quantitative estimate of drug-likeness (QED) is 0.621. The van der Waals surface area contributed by atoms with Crippen molar-refractivity contribution in [2.45, 2.75) is 43.7 Å². The molecule has 2 amide bonds. The van der Waals surface area contributed by atoms with Gasteiger partial charge in [0, 0.05) is 18.7 Å². The third-order valence-corrected chi connectivity index (χ3v) is 6.12. The summed E-state index contributed by atoms with van der Waals surface area (Å²) in [4.78, 5) is 27.5. The minimum Gasteiger partial charge on any atom is -0.493 e. The molecule has 3 N–H and O–H groups in total. The fraction of sp³-hybridized carbons (Fsp3) is 0.524. The number of methoxy groups -OCH3 is 1. The lowest BCUT2D eigenvalue weighted by Crippen LogP contribution is -2.46. The third-order valence-electron chi connectivity index (χ3n) is 6.12. The van der Waals surface area contributed by atoms with E-state index in [-0.39, 0.29) is 36.9 Å². The van der Waals surface area contributed by atoms with Gasteiger partial charge in [-0.25, -0.2) is 4.68 Å². The van der Waals surface area contributed by atoms with Gasteiger partial charge in [-0.2, -0.15) is 0 Å². The van der Waals surface area contributed by atoms with E-state index in [1.165, 1.54) is 0 Å². The van der Waals surface area contributed by atoms with Crippen molar-refractivity contribution in [1.82, 2.24) is 25.2 Å². The second-order valence-electron chi connectivity index (χ2n) is 8.48. The van der Waals surface area contributed by atoms with Crippen LogP contribution in [0.5, 0.6) is 11.5 Å². The Morgan fingerprint density at radius 2 is 2.15 bits per heavy atom. The van der Waals surface area contributed by atoms with E-state index in [0.717, 1.165) is 0 Å². The van der Waals surface area contributed by atoms with E-state index >= 15 is 0 Å². The Kier molecular flexibility index (Phi) is 6.46. The number of carbonyl (C=O) groups is 2. The maximum Gasteiger partial charge on any atom is 0.251 e. The van der Waals surface area contributed by atoms with Crippen molar-refractivity contribution < 1.29 is 23.8 Å². The average molecular weight is 479 g/mol. The Balaban J connectivity index is 0.00000259. The van der Waals surface area contributed by atoms with Crippen LogP contribution in [-0.2, 0) is 22.7 Å². The van der Waals surface area contributed by atoms with Gasteiger partial charge in [0.15, 0.2) is 11.5 Å². The molecule has 1 saturated carbocycles. The second-order valence-corrected chi connectivity index (χ2v) is 8.48. The molecule has 1 aromatic carbocycles. The Labute approximate surface area is 196 Å². The van der Waals surface area contributed by atoms with E-state index in [9.17, 15) is 9.59 Å². The standard InChI is InChI=1S/C21H26N6O5.ClH/c1-30-16-3-2-13-8-17(16)31-7-6-27-9-14(24-25-27)12-32-18-11-26(10-15(18)23-19(13)28)20(29)21(22)4-5-21;/h2-3,8-9,15,18H,4-7,10-12,22H2,1H3,(H,23,28);1H/t15-,18-;/m0./s1. The zero-order valence-electron chi connectivity index (χ0n) is 18.2. The number of ether oxygens (including phenoxy) is 3. The Hall–Kier alpha value is -2.89. The van der Waals surface area contributed by atoms with Crippen molar-refractivity contribution in [1.29, 1.82) is 0 Å². The number of rotatable bonds is 2. The van der Waals surface area contributed by atoms with Gasteiger partial charge in [0.25, 0.3) is 5.91 Å². The molecule has 0 radical (unpaired) electrons. The zero-order chi connectivity index (χ0) is 22.3. The van der Waals surface area contributed by atoms with Crippen LogP contribution >= 0.6 is 12.4 Å². The van der Waals surface area contributed by atoms with Gasteiger partial charge in [-0.15, -0.1) is 17.5 Å². The fourth-order valence-electron chi connectivity index (χ4n) is 4.05. The van der Waals surface area contributed by atoms with Gasteiger partial charge in [0.1, 0.15) is 12.3 Å². The monoisotopic (exact) mass is 478 g/mol. The van der Waals surface area contributed by atoms with Gasteiger partial charge in [0.2, 0.25) is 5.91 Å². The summed E-state index contributed by atoms with van der Waals surface area (Å²) in [5.41, 5.74) is 6.44. The molecule has 1 aromatic heterocycles. The molecule has 1 saturated heterocycles. The molecule has 2 aliphatic heterocycles. The lowest BCUT2D eigenvalue weighted by atomic mass is 10.1. The molecule has 2 atom stereocenters. The van der Waals surface area contributed by atoms with E-state index in [0.29, 0.717) is 61.8 Å². The summed E-state index contributed by atoms with van der Waals surface area (Å²) in [5, 5.41) is 11.3. The largest absolute Gasteiger partial charge is 0.493 e. The van der Waals surface area contributed by atoms with Crippen molar-refractivity contribution in [2.75, 3.05) is 26.8 Å². The maximum absolute atomic E-state index is 13.0. The predicted molar refractivity (Wildman–Crippen MR) is 118 cm³/mol. The SMILES string of the molecule is COc1ccc2cc1OCCn1cc(nn1)CO[C@H]1CN(C(=O)C3(N)CC3)C[C@@H]1NC2=O.Cl. The third kappa shape index (κ3) is 4.75. The number of carbonyl (C=O) groups excluding carboxylic acids is 2. The highest BCUT2D eigenvalue weighted by Gasteiger charge is 2.51. The summed E-state index contributed by atoms with van der Waals surface area (Å²) < 4.78 is 19.0. The first kappa shape index (κ1) is 23.3. The van der Waals surface area contributed by atoms with Gasteiger partial charge < -0.3 is 30.2 Å². The minimum atomic E-state index is -0.772. The highest BCUT2D eigenvalue weighted by Crippen LogP contribution is 2.35. The predicted octanol–water partition coefficient (Wildman–Crippen LogP) is 0.118. The topological polar surface area (TPSA) is 134 Å². The number of likely N-dealkylation sites (tertiary alicyclic amines) is 1. The first-order valence-corrected chi connectivity index (χ1v) is 10.7. The molecule has 5 rings (SSSR count). The zero-order valence-corrected chi connectivity index (χ0v) is 19.0. The normalized spacial score (nSPS) is 23.7. The molecule has 2 aromatic rings. The van der Waals surface area contributed by atoms with Crippen LogP contribution in [0.4, 0.5) is 0 Å². The second kappa shape index (κ2) is 9.16. The summed E-state index contributed by atoms with van der Waals surface area (Å²) in [6.45, 7) is 1.71. The summed E-state index contributed by atoms with van der Waals surface area (Å²) in [5.74, 6) is 0.619. The molecular formula is C21H27ClN6O5. The molecule has 4 bridgehead atoms. The Morgan fingerprint density at radius 3 is 2.91 bits per heavy atom. The van der Waals surface area contributed by atoms with Gasteiger partial charge in [0.05, 0.1) is 44.1 Å². The number of hydrogen-bond acceptors (Lipinski definition) is 8. The van der Waals surface area contributed by atoms with Crippen LogP contribution in [0.2, 0.25) is 0 Å². The molecule has 33 heavy (non-hydrogen) atoms. The van der Waals surface area contributed by atoms with Gasteiger partial charge in [-0.3, -0.25) is 9.59 Å². The van der Waals surface area contributed by atoms with Crippen LogP contribution in [0.1, 0.15) is 28.9 Å². The number of nitrogens with one attached hydrogen (secondary N) is 1. The highest BCUT2D eigenvalue weighted by molar-refractivity contribution is 5.95. The molecule has 3 heterocycles. The number of hydrogen-bond donors (Lipinski definition) is 2. The molecular weight excluding hydrogens is 452 g/mol. The van der Waals surface area contributed by atoms with Gasteiger partial charge >= 0.3 is 0 Å². The molecule has 0 unspecified atom stereocenters. The Bertz CT molecular complexity index is 1040. The first-order valence-electron chi connectivity index (χ1n) is 10.7. The smallest absolute Gasteiger partial charge is 0.251 e. The molecule has 0 spiro atoms. The van der Waals surface area contributed by atoms with Crippen LogP contribution in [0.15, 0.2) is 24.4 Å². The average Bonchev–Trinajstić information content (AvgIpc) is 3.20. The van der Waals surface area contributed by atoms with Crippen molar-refractivity contribution in [3.05, 3.63) is 35.7 Å². The lowest BCUT2D eigenvalue weighted by molar-refractivity contribution is -0.133. The van der Waals surface area contributed by atoms with Crippen LogP contribution in [-0.4, -0.2) is 76.2 Å². The lowest BCUT2D eigenvalue weighted by Gasteiger charge is -2.20. The van der Waals surface area contributed by atoms with E-state index in [1.54, 1.807) is 41.1 Å². The minimum absolute atomic E-state index is 0. The van der Waals surface area contributed by atoms with E-state index in [1.807, 2.05) is 0 Å². The van der Waals surface area contributed by atoms with Gasteiger partial charge in [-0.1, -0.05) is 5.21 Å². The van der Waals surface area contributed by atoms with E-state index in [4.69, 9.17) is 19.9 Å². The first-order chi connectivity index (χ1) is 15.4. The fourth-order valence-corrected chi connectivity index (χ4v) is 4.05. The molecule has 12 heteroatoms. The van der Waals surface area contributed by atoms with Crippen LogP contribution in [0, 0.1) is 0 Å². The number of aromatic nitrogens is 3. The molecule has 11 nitrogen and oxygen atoms in total. The molecule has 3 aliphatic rings. The maximum atomic E-state index is 13.0. The summed E-state index contributed by atoms with van der Waals surface area (Å²) in [7, 11) is 1.55. The summed E-state index contributed by atoms with van der Waals surface area (Å²) >= 11 is 0. The van der Waals surface area contributed by atoms with E-state index < -0.39 is 11.6 Å². The molecule has 178 valence electrons. The van der Waals surface area contributed by atoms with Crippen LogP contribution in [0.25, 0.3) is 0 Å².